The third-order valence-corrected chi connectivity index (χ3v) is 5.52. The predicted molar refractivity (Wildman–Crippen MR) is 119 cm³/mol. The Kier molecular flexibility index (Phi) is 6.15. The van der Waals surface area contributed by atoms with Gasteiger partial charge in [0.1, 0.15) is 6.04 Å². The number of fused-ring (bicyclic) bond motifs is 1. The lowest BCUT2D eigenvalue weighted by molar-refractivity contribution is -0.130. The number of benzene rings is 2. The van der Waals surface area contributed by atoms with Gasteiger partial charge in [0.25, 0.3) is 0 Å². The topological polar surface area (TPSA) is 113 Å². The molecule has 9 heteroatoms. The van der Waals surface area contributed by atoms with Crippen LogP contribution in [-0.4, -0.2) is 70.9 Å². The summed E-state index contributed by atoms with van der Waals surface area (Å²) in [6.45, 7) is 2.81. The monoisotopic (exact) mass is 422 g/mol. The van der Waals surface area contributed by atoms with Crippen molar-refractivity contribution in [3.63, 3.8) is 0 Å². The van der Waals surface area contributed by atoms with Crippen LogP contribution in [0.15, 0.2) is 53.3 Å². The number of hydrogen-bond donors (Lipinski definition) is 4. The lowest BCUT2D eigenvalue weighted by atomic mass is 10.1. The van der Waals surface area contributed by atoms with Crippen LogP contribution in [0.1, 0.15) is 5.56 Å². The van der Waals surface area contributed by atoms with Gasteiger partial charge in [0.2, 0.25) is 11.8 Å². The largest absolute Gasteiger partial charge is 0.358 e. The van der Waals surface area contributed by atoms with Crippen molar-refractivity contribution < 1.29 is 9.59 Å². The van der Waals surface area contributed by atoms with E-state index in [0.717, 1.165) is 13.1 Å². The predicted octanol–water partition coefficient (Wildman–Crippen LogP) is 0.727. The van der Waals surface area contributed by atoms with E-state index >= 15 is 0 Å². The van der Waals surface area contributed by atoms with Crippen LogP contribution in [0.4, 0.5) is 5.69 Å². The first-order chi connectivity index (χ1) is 15.0. The first kappa shape index (κ1) is 20.8. The fourth-order valence-corrected chi connectivity index (χ4v) is 3.96. The number of aromatic amines is 2. The van der Waals surface area contributed by atoms with Crippen LogP contribution in [0.3, 0.4) is 0 Å². The maximum absolute atomic E-state index is 12.7. The number of H-pyrrole nitrogens is 2. The Morgan fingerprint density at radius 2 is 1.84 bits per heavy atom. The van der Waals surface area contributed by atoms with Crippen molar-refractivity contribution in [2.24, 2.45) is 0 Å². The van der Waals surface area contributed by atoms with E-state index in [1.165, 1.54) is 5.56 Å². The summed E-state index contributed by atoms with van der Waals surface area (Å²) >= 11 is 0. The van der Waals surface area contributed by atoms with Gasteiger partial charge in [-0.15, -0.1) is 0 Å². The fourth-order valence-electron chi connectivity index (χ4n) is 3.96. The van der Waals surface area contributed by atoms with Gasteiger partial charge in [0, 0.05) is 38.9 Å². The van der Waals surface area contributed by atoms with Crippen LogP contribution >= 0.6 is 0 Å². The summed E-state index contributed by atoms with van der Waals surface area (Å²) in [5, 5.41) is 5.58. The van der Waals surface area contributed by atoms with E-state index in [0.29, 0.717) is 29.8 Å². The lowest BCUT2D eigenvalue weighted by Gasteiger charge is -2.40. The molecule has 2 aromatic carbocycles. The minimum Gasteiger partial charge on any atom is -0.358 e. The first-order valence-electron chi connectivity index (χ1n) is 10.3. The zero-order valence-electron chi connectivity index (χ0n) is 17.4. The number of carbonyl (C=O) groups excluding carboxylic acids is 2. The Balaban J connectivity index is 1.40. The molecule has 162 valence electrons. The second kappa shape index (κ2) is 9.15. The average molecular weight is 422 g/mol. The average Bonchev–Trinajstić information content (AvgIpc) is 3.14. The zero-order valence-corrected chi connectivity index (χ0v) is 17.4. The number of anilines is 1. The molecule has 31 heavy (non-hydrogen) atoms. The summed E-state index contributed by atoms with van der Waals surface area (Å²) in [5.74, 6) is -0.306. The standard InChI is InChI=1S/C22H26N6O3/c1-23-21(30)19-13-27(12-15-5-3-2-4-6-15)9-10-28(19)14-20(29)24-16-7-8-17-18(11-16)26-22(31)25-17/h2-8,11,19H,9-10,12-14H2,1H3,(H,23,30)(H,24,29)(H2,25,26,31)/t19-/m1/s1. The summed E-state index contributed by atoms with van der Waals surface area (Å²) < 4.78 is 0. The van der Waals surface area contributed by atoms with Gasteiger partial charge in [0.05, 0.1) is 17.6 Å². The second-order valence-corrected chi connectivity index (χ2v) is 7.71. The molecule has 0 bridgehead atoms. The van der Waals surface area contributed by atoms with E-state index in [1.807, 2.05) is 23.1 Å². The normalized spacial score (nSPS) is 17.5. The number of nitrogens with one attached hydrogen (secondary N) is 4. The highest BCUT2D eigenvalue weighted by molar-refractivity contribution is 5.94. The molecule has 0 radical (unpaired) electrons. The minimum absolute atomic E-state index is 0.100. The number of imidazole rings is 1. The van der Waals surface area contributed by atoms with E-state index in [1.54, 1.807) is 25.2 Å². The van der Waals surface area contributed by atoms with Crippen LogP contribution in [0.2, 0.25) is 0 Å². The van der Waals surface area contributed by atoms with Gasteiger partial charge in [-0.3, -0.25) is 19.4 Å². The van der Waals surface area contributed by atoms with Crippen LogP contribution in [0.5, 0.6) is 0 Å². The molecule has 1 aliphatic rings. The van der Waals surface area contributed by atoms with Crippen molar-refractivity contribution in [2.45, 2.75) is 12.6 Å². The number of hydrogen-bond acceptors (Lipinski definition) is 5. The molecular formula is C22H26N6O3. The van der Waals surface area contributed by atoms with Gasteiger partial charge in [0.15, 0.2) is 0 Å². The van der Waals surface area contributed by atoms with Crippen molar-refractivity contribution in [1.82, 2.24) is 25.1 Å². The molecule has 3 aromatic rings. The van der Waals surface area contributed by atoms with Crippen molar-refractivity contribution in [3.05, 3.63) is 64.6 Å². The van der Waals surface area contributed by atoms with E-state index in [2.05, 4.69) is 37.6 Å². The van der Waals surface area contributed by atoms with E-state index in [9.17, 15) is 14.4 Å². The molecule has 4 N–H and O–H groups in total. The van der Waals surface area contributed by atoms with E-state index < -0.39 is 6.04 Å². The summed E-state index contributed by atoms with van der Waals surface area (Å²) in [6, 6.07) is 14.9. The SMILES string of the molecule is CNC(=O)[C@H]1CN(Cc2ccccc2)CCN1CC(=O)Nc1ccc2[nH]c(=O)[nH]c2c1. The third kappa shape index (κ3) is 5.01. The first-order valence-corrected chi connectivity index (χ1v) is 10.3. The van der Waals surface area contributed by atoms with E-state index in [4.69, 9.17) is 0 Å². The summed E-state index contributed by atoms with van der Waals surface area (Å²) in [4.78, 5) is 46.1. The fraction of sp³-hybridized carbons (Fsp3) is 0.318. The number of piperazine rings is 1. The van der Waals surface area contributed by atoms with Crippen LogP contribution in [0.25, 0.3) is 11.0 Å². The van der Waals surface area contributed by atoms with Gasteiger partial charge in [-0.25, -0.2) is 4.79 Å². The van der Waals surface area contributed by atoms with Gasteiger partial charge < -0.3 is 20.6 Å². The number of likely N-dealkylation sites (N-methyl/N-ethyl adjacent to an activating group) is 1. The summed E-state index contributed by atoms with van der Waals surface area (Å²) in [6.07, 6.45) is 0. The Morgan fingerprint density at radius 3 is 2.61 bits per heavy atom. The van der Waals surface area contributed by atoms with Crippen LogP contribution < -0.4 is 16.3 Å². The van der Waals surface area contributed by atoms with Gasteiger partial charge in [-0.2, -0.15) is 0 Å². The molecule has 1 aromatic heterocycles. The molecule has 9 nitrogen and oxygen atoms in total. The van der Waals surface area contributed by atoms with E-state index in [-0.39, 0.29) is 24.0 Å². The number of nitrogens with zero attached hydrogens (tertiary/aromatic N) is 2. The highest BCUT2D eigenvalue weighted by atomic mass is 16.2. The molecule has 1 saturated heterocycles. The lowest BCUT2D eigenvalue weighted by Crippen LogP contribution is -2.59. The highest BCUT2D eigenvalue weighted by Crippen LogP contribution is 2.16. The number of rotatable bonds is 6. The van der Waals surface area contributed by atoms with Gasteiger partial charge in [-0.05, 0) is 23.8 Å². The maximum Gasteiger partial charge on any atom is 0.323 e. The molecule has 1 atom stereocenters. The second-order valence-electron chi connectivity index (χ2n) is 7.71. The zero-order chi connectivity index (χ0) is 21.8. The Morgan fingerprint density at radius 1 is 1.06 bits per heavy atom. The smallest absolute Gasteiger partial charge is 0.323 e. The molecule has 2 amide bonds. The molecule has 0 spiro atoms. The van der Waals surface area contributed by atoms with Crippen molar-refractivity contribution >= 4 is 28.5 Å². The molecule has 0 saturated carbocycles. The maximum atomic E-state index is 12.7. The minimum atomic E-state index is -0.406. The molecule has 1 fully saturated rings. The quantitative estimate of drug-likeness (QED) is 0.468. The third-order valence-electron chi connectivity index (χ3n) is 5.52. The van der Waals surface area contributed by atoms with Crippen molar-refractivity contribution in [2.75, 3.05) is 38.5 Å². The van der Waals surface area contributed by atoms with Crippen molar-refractivity contribution in [1.29, 1.82) is 0 Å². The number of amides is 2. The molecular weight excluding hydrogens is 396 g/mol. The summed E-state index contributed by atoms with van der Waals surface area (Å²) in [5.41, 5.74) is 2.80. The number of aromatic nitrogens is 2. The van der Waals surface area contributed by atoms with Gasteiger partial charge in [-0.1, -0.05) is 30.3 Å². The van der Waals surface area contributed by atoms with Crippen LogP contribution in [0, 0.1) is 0 Å². The van der Waals surface area contributed by atoms with Crippen molar-refractivity contribution in [3.8, 4) is 0 Å². The Bertz CT molecular complexity index is 1120. The Labute approximate surface area is 179 Å². The molecule has 2 heterocycles. The van der Waals surface area contributed by atoms with Crippen LogP contribution in [-0.2, 0) is 16.1 Å². The Hall–Kier alpha value is -3.43. The molecule has 0 unspecified atom stereocenters. The molecule has 4 rings (SSSR count). The highest BCUT2D eigenvalue weighted by Gasteiger charge is 2.32. The van der Waals surface area contributed by atoms with Gasteiger partial charge >= 0.3 is 5.69 Å². The molecule has 0 aliphatic carbocycles. The summed E-state index contributed by atoms with van der Waals surface area (Å²) in [7, 11) is 1.61. The molecule has 1 aliphatic heterocycles. The number of carbonyl (C=O) groups is 2.